The lowest BCUT2D eigenvalue weighted by atomic mass is 10.3. The molecule has 1 aromatic heterocycles. The Bertz CT molecular complexity index is 926. The van der Waals surface area contributed by atoms with E-state index in [1.54, 1.807) is 41.5 Å². The highest BCUT2D eigenvalue weighted by molar-refractivity contribution is 5.71. The minimum atomic E-state index is -0.936. The fraction of sp³-hybridized carbons (Fsp3) is 0.650. The minimum absolute atomic E-state index is 0.00142. The predicted molar refractivity (Wildman–Crippen MR) is 109 cm³/mol. The van der Waals surface area contributed by atoms with Crippen LogP contribution in [0.25, 0.3) is 0 Å². The first kappa shape index (κ1) is 25.9. The number of rotatable bonds is 10. The van der Waals surface area contributed by atoms with Gasteiger partial charge < -0.3 is 18.9 Å². The summed E-state index contributed by atoms with van der Waals surface area (Å²) in [6.07, 6.45) is -1.27. The van der Waals surface area contributed by atoms with E-state index in [1.165, 1.54) is 6.92 Å². The van der Waals surface area contributed by atoms with Gasteiger partial charge in [0.1, 0.15) is 13.1 Å². The third kappa shape index (κ3) is 7.91. The monoisotopic (exact) mass is 442 g/mol. The summed E-state index contributed by atoms with van der Waals surface area (Å²) in [4.78, 5) is 61.7. The van der Waals surface area contributed by atoms with Gasteiger partial charge in [-0.3, -0.25) is 19.0 Å². The van der Waals surface area contributed by atoms with E-state index in [0.29, 0.717) is 4.57 Å². The molecule has 1 rings (SSSR count). The van der Waals surface area contributed by atoms with Crippen molar-refractivity contribution in [1.29, 1.82) is 0 Å². The Balaban J connectivity index is 3.41. The van der Waals surface area contributed by atoms with Crippen LogP contribution in [0.2, 0.25) is 0 Å². The average molecular weight is 442 g/mol. The Labute approximate surface area is 179 Å². The van der Waals surface area contributed by atoms with Gasteiger partial charge in [-0.15, -0.1) is 0 Å². The molecular weight excluding hydrogens is 412 g/mol. The SMILES string of the molecule is Cc1c(OCC(=O)OC(C)C)c(=O)n(CC(=O)OC(C)C)c(=O)n1CC(=O)OC(C)C. The highest BCUT2D eigenvalue weighted by Gasteiger charge is 2.23. The minimum Gasteiger partial charge on any atom is -0.475 e. The topological polar surface area (TPSA) is 132 Å². The molecule has 0 bridgehead atoms. The lowest BCUT2D eigenvalue weighted by Gasteiger charge is -2.18. The van der Waals surface area contributed by atoms with Crippen LogP contribution < -0.4 is 16.0 Å². The second kappa shape index (κ2) is 11.3. The van der Waals surface area contributed by atoms with Gasteiger partial charge in [-0.25, -0.2) is 14.2 Å². The van der Waals surface area contributed by atoms with E-state index >= 15 is 0 Å². The molecule has 0 aliphatic heterocycles. The Morgan fingerprint density at radius 2 is 1.16 bits per heavy atom. The molecule has 11 heteroatoms. The van der Waals surface area contributed by atoms with Crippen molar-refractivity contribution < 1.29 is 33.3 Å². The first-order valence-electron chi connectivity index (χ1n) is 9.88. The van der Waals surface area contributed by atoms with Gasteiger partial charge in [0.2, 0.25) is 5.75 Å². The van der Waals surface area contributed by atoms with Crippen molar-refractivity contribution in [3.63, 3.8) is 0 Å². The molecule has 0 atom stereocenters. The van der Waals surface area contributed by atoms with Crippen molar-refractivity contribution in [2.24, 2.45) is 0 Å². The lowest BCUT2D eigenvalue weighted by Crippen LogP contribution is -2.45. The van der Waals surface area contributed by atoms with Crippen LogP contribution in [0.15, 0.2) is 9.59 Å². The van der Waals surface area contributed by atoms with E-state index in [9.17, 15) is 24.0 Å². The molecule has 174 valence electrons. The highest BCUT2D eigenvalue weighted by Crippen LogP contribution is 2.11. The first-order valence-corrected chi connectivity index (χ1v) is 9.88. The number of nitrogens with zero attached hydrogens (tertiary/aromatic N) is 2. The van der Waals surface area contributed by atoms with Crippen LogP contribution in [0, 0.1) is 6.92 Å². The molecule has 0 N–H and O–H groups in total. The van der Waals surface area contributed by atoms with Gasteiger partial charge in [-0.1, -0.05) is 0 Å². The number of hydrogen-bond donors (Lipinski definition) is 0. The van der Waals surface area contributed by atoms with E-state index in [1.807, 2.05) is 0 Å². The molecule has 0 aromatic carbocycles. The van der Waals surface area contributed by atoms with Crippen molar-refractivity contribution >= 4 is 17.9 Å². The Morgan fingerprint density at radius 1 is 0.742 bits per heavy atom. The molecule has 0 amide bonds. The zero-order valence-electron chi connectivity index (χ0n) is 18.9. The largest absolute Gasteiger partial charge is 0.475 e. The number of ether oxygens (including phenoxy) is 4. The van der Waals surface area contributed by atoms with E-state index in [0.717, 1.165) is 4.57 Å². The summed E-state index contributed by atoms with van der Waals surface area (Å²) in [5.41, 5.74) is -1.85. The van der Waals surface area contributed by atoms with Crippen molar-refractivity contribution in [3.05, 3.63) is 26.5 Å². The summed E-state index contributed by atoms with van der Waals surface area (Å²) in [5.74, 6) is -2.63. The second-order valence-electron chi connectivity index (χ2n) is 7.58. The zero-order chi connectivity index (χ0) is 23.9. The molecule has 0 fully saturated rings. The maximum atomic E-state index is 12.9. The van der Waals surface area contributed by atoms with Crippen LogP contribution in [-0.4, -0.2) is 52.0 Å². The highest BCUT2D eigenvalue weighted by atomic mass is 16.6. The molecule has 0 saturated carbocycles. The fourth-order valence-corrected chi connectivity index (χ4v) is 2.55. The molecule has 0 spiro atoms. The third-order valence-corrected chi connectivity index (χ3v) is 3.64. The quantitative estimate of drug-likeness (QED) is 0.376. The van der Waals surface area contributed by atoms with Gasteiger partial charge in [0.05, 0.1) is 24.0 Å². The molecule has 0 aliphatic carbocycles. The summed E-state index contributed by atoms with van der Waals surface area (Å²) in [6, 6.07) is 0. The predicted octanol–water partition coefficient (Wildman–Crippen LogP) is 0.552. The Morgan fingerprint density at radius 3 is 1.61 bits per heavy atom. The Hall–Kier alpha value is -3.11. The first-order chi connectivity index (χ1) is 14.3. The van der Waals surface area contributed by atoms with Crippen molar-refractivity contribution in [1.82, 2.24) is 9.13 Å². The molecule has 1 heterocycles. The Kier molecular flexibility index (Phi) is 9.47. The molecule has 31 heavy (non-hydrogen) atoms. The summed E-state index contributed by atoms with van der Waals surface area (Å²) >= 11 is 0. The lowest BCUT2D eigenvalue weighted by molar-refractivity contribution is -0.150. The second-order valence-corrected chi connectivity index (χ2v) is 7.58. The molecular formula is C20H30N2O9. The van der Waals surface area contributed by atoms with Gasteiger partial charge in [0.15, 0.2) is 6.61 Å². The van der Waals surface area contributed by atoms with Gasteiger partial charge in [0, 0.05) is 0 Å². The van der Waals surface area contributed by atoms with Crippen molar-refractivity contribution in [2.75, 3.05) is 6.61 Å². The number of carbonyl (C=O) groups excluding carboxylic acids is 3. The standard InChI is InChI=1S/C20H30N2O9/c1-11(2)29-15(23)8-21-14(7)18(28-10-17(25)31-13(5)6)19(26)22(20(21)27)9-16(24)30-12(3)4/h11-13H,8-10H2,1-7H3. The van der Waals surface area contributed by atoms with Crippen LogP contribution in [0.4, 0.5) is 0 Å². The fourth-order valence-electron chi connectivity index (χ4n) is 2.55. The summed E-state index contributed by atoms with van der Waals surface area (Å²) in [5, 5.41) is 0. The van der Waals surface area contributed by atoms with Crippen LogP contribution in [0.3, 0.4) is 0 Å². The normalized spacial score (nSPS) is 11.0. The number of aromatic nitrogens is 2. The van der Waals surface area contributed by atoms with E-state index < -0.39 is 61.1 Å². The maximum absolute atomic E-state index is 12.9. The van der Waals surface area contributed by atoms with E-state index in [4.69, 9.17) is 18.9 Å². The van der Waals surface area contributed by atoms with Crippen LogP contribution >= 0.6 is 0 Å². The smallest absolute Gasteiger partial charge is 0.344 e. The molecule has 0 radical (unpaired) electrons. The van der Waals surface area contributed by atoms with E-state index in [2.05, 4.69) is 0 Å². The molecule has 11 nitrogen and oxygen atoms in total. The van der Waals surface area contributed by atoms with Crippen LogP contribution in [0.5, 0.6) is 5.75 Å². The third-order valence-electron chi connectivity index (χ3n) is 3.64. The molecule has 0 unspecified atom stereocenters. The summed E-state index contributed by atoms with van der Waals surface area (Å²) in [6.45, 7) is 9.39. The van der Waals surface area contributed by atoms with Gasteiger partial charge in [-0.2, -0.15) is 0 Å². The van der Waals surface area contributed by atoms with Crippen LogP contribution in [-0.2, 0) is 41.7 Å². The van der Waals surface area contributed by atoms with Gasteiger partial charge in [-0.05, 0) is 48.5 Å². The van der Waals surface area contributed by atoms with E-state index in [-0.39, 0.29) is 17.5 Å². The van der Waals surface area contributed by atoms with Gasteiger partial charge >= 0.3 is 23.6 Å². The van der Waals surface area contributed by atoms with Gasteiger partial charge in [0.25, 0.3) is 5.56 Å². The summed E-state index contributed by atoms with van der Waals surface area (Å²) < 4.78 is 21.9. The number of esters is 3. The zero-order valence-corrected chi connectivity index (χ0v) is 18.9. The maximum Gasteiger partial charge on any atom is 0.344 e. The molecule has 0 saturated heterocycles. The molecule has 0 aliphatic rings. The number of carbonyl (C=O) groups is 3. The van der Waals surface area contributed by atoms with Crippen molar-refractivity contribution in [2.45, 2.75) is 79.9 Å². The average Bonchev–Trinajstić information content (AvgIpc) is 2.60. The van der Waals surface area contributed by atoms with Crippen LogP contribution in [0.1, 0.15) is 47.2 Å². The van der Waals surface area contributed by atoms with Crippen molar-refractivity contribution in [3.8, 4) is 5.75 Å². The summed E-state index contributed by atoms with van der Waals surface area (Å²) in [7, 11) is 0. The number of hydrogen-bond acceptors (Lipinski definition) is 9. The molecule has 1 aromatic rings.